The van der Waals surface area contributed by atoms with Crippen molar-refractivity contribution in [3.8, 4) is 0 Å². The molecule has 16 heavy (non-hydrogen) atoms. The summed E-state index contributed by atoms with van der Waals surface area (Å²) >= 11 is 0. The van der Waals surface area contributed by atoms with Gasteiger partial charge in [-0.1, -0.05) is 0 Å². The highest BCUT2D eigenvalue weighted by atomic mass is 35.5. The summed E-state index contributed by atoms with van der Waals surface area (Å²) < 4.78 is 29.6. The fourth-order valence-electron chi connectivity index (χ4n) is 1.02. The summed E-state index contributed by atoms with van der Waals surface area (Å²) in [7, 11) is -3.07. The maximum absolute atomic E-state index is 11.0. The van der Waals surface area contributed by atoms with Crippen LogP contribution in [0, 0.1) is 0 Å². The highest BCUT2D eigenvalue weighted by molar-refractivity contribution is 7.89. The Morgan fingerprint density at radius 1 is 1.38 bits per heavy atom. The average Bonchev–Trinajstić information content (AvgIpc) is 2.70. The molecule has 0 amide bonds. The monoisotopic (exact) mass is 268 g/mol. The normalized spacial score (nSPS) is 11.1. The van der Waals surface area contributed by atoms with Crippen LogP contribution in [0.4, 0.5) is 0 Å². The van der Waals surface area contributed by atoms with Gasteiger partial charge in [-0.3, -0.25) is 0 Å². The van der Waals surface area contributed by atoms with Crippen molar-refractivity contribution in [1.29, 1.82) is 0 Å². The maximum atomic E-state index is 11.0. The Labute approximate surface area is 102 Å². The van der Waals surface area contributed by atoms with Crippen molar-refractivity contribution in [2.75, 3.05) is 18.8 Å². The molecule has 0 aliphatic heterocycles. The van der Waals surface area contributed by atoms with Crippen LogP contribution in [0.1, 0.15) is 12.7 Å². The Morgan fingerprint density at radius 3 is 2.69 bits per heavy atom. The lowest BCUT2D eigenvalue weighted by atomic mass is 10.4. The number of hydrogen-bond acceptors (Lipinski definition) is 4. The van der Waals surface area contributed by atoms with Crippen LogP contribution < -0.4 is 10.0 Å². The van der Waals surface area contributed by atoms with Gasteiger partial charge < -0.3 is 9.73 Å². The molecule has 0 bridgehead atoms. The van der Waals surface area contributed by atoms with E-state index in [1.807, 2.05) is 12.1 Å². The molecule has 0 fully saturated rings. The fourth-order valence-corrected chi connectivity index (χ4v) is 1.64. The molecule has 0 saturated carbocycles. The second-order valence-electron chi connectivity index (χ2n) is 3.05. The van der Waals surface area contributed by atoms with Crippen LogP contribution in [0.15, 0.2) is 22.8 Å². The minimum absolute atomic E-state index is 0. The number of halogens is 1. The van der Waals surface area contributed by atoms with Gasteiger partial charge in [-0.2, -0.15) is 0 Å². The maximum Gasteiger partial charge on any atom is 0.211 e. The van der Waals surface area contributed by atoms with Crippen molar-refractivity contribution in [2.24, 2.45) is 0 Å². The summed E-state index contributed by atoms with van der Waals surface area (Å²) in [6, 6.07) is 3.68. The van der Waals surface area contributed by atoms with Crippen LogP contribution in [0.2, 0.25) is 0 Å². The van der Waals surface area contributed by atoms with E-state index in [0.29, 0.717) is 19.6 Å². The summed E-state index contributed by atoms with van der Waals surface area (Å²) in [6.07, 6.45) is 1.61. The molecule has 0 aromatic carbocycles. The van der Waals surface area contributed by atoms with E-state index >= 15 is 0 Å². The Bertz CT molecular complexity index is 364. The largest absolute Gasteiger partial charge is 0.468 e. The third-order valence-corrected chi connectivity index (χ3v) is 3.29. The molecule has 94 valence electrons. The van der Waals surface area contributed by atoms with Gasteiger partial charge in [-0.25, -0.2) is 13.1 Å². The number of sulfonamides is 1. The van der Waals surface area contributed by atoms with Crippen LogP contribution in [-0.4, -0.2) is 27.3 Å². The lowest BCUT2D eigenvalue weighted by Crippen LogP contribution is -2.32. The van der Waals surface area contributed by atoms with Gasteiger partial charge in [0.25, 0.3) is 0 Å². The van der Waals surface area contributed by atoms with Gasteiger partial charge >= 0.3 is 0 Å². The van der Waals surface area contributed by atoms with E-state index in [1.54, 1.807) is 13.2 Å². The van der Waals surface area contributed by atoms with Gasteiger partial charge in [-0.05, 0) is 19.1 Å². The first-order valence-electron chi connectivity index (χ1n) is 4.84. The molecule has 0 spiro atoms. The van der Waals surface area contributed by atoms with Crippen LogP contribution in [0.5, 0.6) is 0 Å². The molecule has 1 rings (SSSR count). The summed E-state index contributed by atoms with van der Waals surface area (Å²) in [5.41, 5.74) is 0. The van der Waals surface area contributed by atoms with Gasteiger partial charge in [0.2, 0.25) is 10.0 Å². The molecule has 0 aliphatic carbocycles. The number of hydrogen-bond donors (Lipinski definition) is 2. The molecule has 0 atom stereocenters. The van der Waals surface area contributed by atoms with Gasteiger partial charge in [-0.15, -0.1) is 12.4 Å². The van der Waals surface area contributed by atoms with Gasteiger partial charge in [0, 0.05) is 13.1 Å². The van der Waals surface area contributed by atoms with Crippen molar-refractivity contribution in [2.45, 2.75) is 13.5 Å². The summed E-state index contributed by atoms with van der Waals surface area (Å²) in [6.45, 7) is 3.20. The third-order valence-electron chi connectivity index (χ3n) is 1.88. The zero-order valence-corrected chi connectivity index (χ0v) is 10.7. The van der Waals surface area contributed by atoms with Gasteiger partial charge in [0.05, 0.1) is 18.6 Å². The van der Waals surface area contributed by atoms with E-state index in [2.05, 4.69) is 10.0 Å². The predicted octanol–water partition coefficient (Wildman–Crippen LogP) is 0.730. The molecule has 2 N–H and O–H groups in total. The molecule has 0 unspecified atom stereocenters. The quantitative estimate of drug-likeness (QED) is 0.715. The minimum atomic E-state index is -3.07. The molecule has 5 nitrogen and oxygen atoms in total. The zero-order chi connectivity index (χ0) is 11.1. The van der Waals surface area contributed by atoms with Crippen LogP contribution in [-0.2, 0) is 16.6 Å². The minimum Gasteiger partial charge on any atom is -0.468 e. The zero-order valence-electron chi connectivity index (χ0n) is 9.10. The molecule has 0 radical (unpaired) electrons. The lowest BCUT2D eigenvalue weighted by molar-refractivity contribution is 0.483. The van der Waals surface area contributed by atoms with Crippen molar-refractivity contribution < 1.29 is 12.8 Å². The molecule has 1 aromatic rings. The number of rotatable bonds is 7. The third kappa shape index (κ3) is 6.12. The highest BCUT2D eigenvalue weighted by Crippen LogP contribution is 1.97. The smallest absolute Gasteiger partial charge is 0.211 e. The van der Waals surface area contributed by atoms with Crippen LogP contribution in [0.25, 0.3) is 0 Å². The van der Waals surface area contributed by atoms with E-state index in [4.69, 9.17) is 4.42 Å². The molecule has 7 heteroatoms. The Hall–Kier alpha value is -0.560. The van der Waals surface area contributed by atoms with Crippen molar-refractivity contribution in [1.82, 2.24) is 10.0 Å². The standard InChI is InChI=1S/C9H16N2O3S.ClH/c1-2-15(12,13)11-6-5-10-8-9-4-3-7-14-9;/h3-4,7,10-11H,2,5-6,8H2,1H3;1H. The summed E-state index contributed by atoms with van der Waals surface area (Å²) in [5, 5.41) is 3.06. The molecule has 1 heterocycles. The number of furan rings is 1. The van der Waals surface area contributed by atoms with Crippen molar-refractivity contribution in [3.05, 3.63) is 24.2 Å². The molecule has 0 aliphatic rings. The topological polar surface area (TPSA) is 71.3 Å². The van der Waals surface area contributed by atoms with Crippen molar-refractivity contribution in [3.63, 3.8) is 0 Å². The van der Waals surface area contributed by atoms with E-state index in [0.717, 1.165) is 5.76 Å². The molecular weight excluding hydrogens is 252 g/mol. The lowest BCUT2D eigenvalue weighted by Gasteiger charge is -2.04. The van der Waals surface area contributed by atoms with Crippen molar-refractivity contribution >= 4 is 22.4 Å². The van der Waals surface area contributed by atoms with Gasteiger partial charge in [0.1, 0.15) is 5.76 Å². The van der Waals surface area contributed by atoms with E-state index < -0.39 is 10.0 Å². The molecule has 1 aromatic heterocycles. The highest BCUT2D eigenvalue weighted by Gasteiger charge is 2.03. The predicted molar refractivity (Wildman–Crippen MR) is 65.1 cm³/mol. The first-order valence-corrected chi connectivity index (χ1v) is 6.49. The first kappa shape index (κ1) is 15.4. The van der Waals surface area contributed by atoms with E-state index in [1.165, 1.54) is 0 Å². The van der Waals surface area contributed by atoms with Crippen LogP contribution >= 0.6 is 12.4 Å². The van der Waals surface area contributed by atoms with E-state index in [-0.39, 0.29) is 18.2 Å². The van der Waals surface area contributed by atoms with Gasteiger partial charge in [0.15, 0.2) is 0 Å². The number of nitrogens with one attached hydrogen (secondary N) is 2. The second kappa shape index (κ2) is 7.67. The Balaban J connectivity index is 0.00000225. The van der Waals surface area contributed by atoms with Crippen LogP contribution in [0.3, 0.4) is 0 Å². The molecular formula is C9H17ClN2O3S. The summed E-state index contributed by atoms with van der Waals surface area (Å²) in [4.78, 5) is 0. The average molecular weight is 269 g/mol. The van der Waals surface area contributed by atoms with E-state index in [9.17, 15) is 8.42 Å². The molecule has 0 saturated heterocycles. The SMILES string of the molecule is CCS(=O)(=O)NCCNCc1ccco1.Cl. The Morgan fingerprint density at radius 2 is 2.12 bits per heavy atom. The second-order valence-corrected chi connectivity index (χ2v) is 5.15. The first-order chi connectivity index (χ1) is 7.14. The Kier molecular flexibility index (Phi) is 7.40. The fraction of sp³-hybridized carbons (Fsp3) is 0.556. The summed E-state index contributed by atoms with van der Waals surface area (Å²) in [5.74, 6) is 0.957.